The number of aliphatic hydroxyl groups excluding tert-OH is 3. The molecule has 0 aliphatic carbocycles. The van der Waals surface area contributed by atoms with Crippen molar-refractivity contribution in [2.45, 2.75) is 31.5 Å². The second-order valence-electron chi connectivity index (χ2n) is 4.70. The number of nitrogens with zero attached hydrogens (tertiary/aromatic N) is 1. The van der Waals surface area contributed by atoms with Crippen molar-refractivity contribution < 1.29 is 25.0 Å². The van der Waals surface area contributed by atoms with Crippen molar-refractivity contribution in [2.75, 3.05) is 11.9 Å². The number of rotatable bonds is 3. The fourth-order valence-electron chi connectivity index (χ4n) is 1.97. The zero-order chi connectivity index (χ0) is 14.9. The van der Waals surface area contributed by atoms with Crippen molar-refractivity contribution in [3.63, 3.8) is 0 Å². The Morgan fingerprint density at radius 2 is 2.05 bits per heavy atom. The molecule has 0 saturated carbocycles. The van der Waals surface area contributed by atoms with Gasteiger partial charge in [-0.15, -0.1) is 0 Å². The van der Waals surface area contributed by atoms with Crippen LogP contribution in [-0.2, 0) is 4.74 Å². The largest absolute Gasteiger partial charge is 0.388 e. The molecule has 1 fully saturated rings. The van der Waals surface area contributed by atoms with Crippen LogP contribution in [-0.4, -0.2) is 51.4 Å². The zero-order valence-corrected chi connectivity index (χ0v) is 10.8. The Kier molecular flexibility index (Phi) is 4.19. The summed E-state index contributed by atoms with van der Waals surface area (Å²) >= 11 is 0. The summed E-state index contributed by atoms with van der Waals surface area (Å²) in [4.78, 5) is 10.2. The Morgan fingerprint density at radius 3 is 2.70 bits per heavy atom. The quantitative estimate of drug-likeness (QED) is 0.445. The maximum Gasteiger partial charge on any atom is 0.271 e. The first-order valence-corrected chi connectivity index (χ1v) is 6.07. The lowest BCUT2D eigenvalue weighted by molar-refractivity contribution is -0.384. The van der Waals surface area contributed by atoms with Gasteiger partial charge in [0, 0.05) is 17.8 Å². The van der Waals surface area contributed by atoms with Crippen molar-refractivity contribution in [1.82, 2.24) is 0 Å². The van der Waals surface area contributed by atoms with Crippen molar-refractivity contribution in [2.24, 2.45) is 0 Å². The summed E-state index contributed by atoms with van der Waals surface area (Å²) in [6.45, 7) is 1.61. The molecule has 1 heterocycles. The minimum absolute atomic E-state index is 0.0935. The molecule has 4 atom stereocenters. The molecule has 20 heavy (non-hydrogen) atoms. The maximum atomic E-state index is 10.7. The number of hydrogen-bond donors (Lipinski definition) is 4. The van der Waals surface area contributed by atoms with Gasteiger partial charge in [0.1, 0.15) is 18.3 Å². The lowest BCUT2D eigenvalue weighted by atomic mass is 10.0. The summed E-state index contributed by atoms with van der Waals surface area (Å²) in [5.74, 6) is 0. The van der Waals surface area contributed by atoms with Gasteiger partial charge in [0.2, 0.25) is 0 Å². The molecule has 8 nitrogen and oxygen atoms in total. The van der Waals surface area contributed by atoms with E-state index >= 15 is 0 Å². The number of aliphatic hydroxyl groups is 3. The van der Waals surface area contributed by atoms with Crippen molar-refractivity contribution in [1.29, 1.82) is 0 Å². The second kappa shape index (κ2) is 5.71. The monoisotopic (exact) mass is 284 g/mol. The molecule has 0 bridgehead atoms. The number of hydrogen-bond acceptors (Lipinski definition) is 7. The van der Waals surface area contributed by atoms with Gasteiger partial charge in [-0.2, -0.15) is 0 Å². The smallest absolute Gasteiger partial charge is 0.271 e. The van der Waals surface area contributed by atoms with Crippen LogP contribution in [0.4, 0.5) is 11.4 Å². The van der Waals surface area contributed by atoms with E-state index in [9.17, 15) is 25.4 Å². The summed E-state index contributed by atoms with van der Waals surface area (Å²) in [5.41, 5.74) is 1.06. The van der Waals surface area contributed by atoms with E-state index in [1.165, 1.54) is 12.1 Å². The van der Waals surface area contributed by atoms with E-state index in [2.05, 4.69) is 5.32 Å². The van der Waals surface area contributed by atoms with Crippen LogP contribution in [0.1, 0.15) is 5.56 Å². The van der Waals surface area contributed by atoms with Gasteiger partial charge in [-0.25, -0.2) is 0 Å². The normalized spacial score (nSPS) is 30.0. The van der Waals surface area contributed by atoms with Gasteiger partial charge >= 0.3 is 0 Å². The molecule has 1 aromatic carbocycles. The standard InChI is InChI=1S/C12H16N2O6/c1-6-2-3-7(14(18)19)4-8(6)13-12-11(17)10(16)9(15)5-20-12/h2-4,9-13,15-17H,5H2,1H3/t9-,10?,11?,12-/m1/s1. The molecule has 110 valence electrons. The van der Waals surface area contributed by atoms with Gasteiger partial charge < -0.3 is 25.4 Å². The van der Waals surface area contributed by atoms with Crippen LogP contribution in [0.2, 0.25) is 0 Å². The van der Waals surface area contributed by atoms with Gasteiger partial charge in [-0.1, -0.05) is 6.07 Å². The first-order chi connectivity index (χ1) is 9.40. The molecule has 0 amide bonds. The predicted octanol–water partition coefficient (Wildman–Crippen LogP) is -0.246. The van der Waals surface area contributed by atoms with Crippen LogP contribution in [0.25, 0.3) is 0 Å². The number of aryl methyl sites for hydroxylation is 1. The molecule has 0 aromatic heterocycles. The molecular formula is C12H16N2O6. The number of benzene rings is 1. The summed E-state index contributed by atoms with van der Waals surface area (Å²) in [6.07, 6.45) is -4.78. The highest BCUT2D eigenvalue weighted by Crippen LogP contribution is 2.25. The number of non-ortho nitro benzene ring substituents is 1. The third kappa shape index (κ3) is 2.88. The zero-order valence-electron chi connectivity index (χ0n) is 10.8. The lowest BCUT2D eigenvalue weighted by Gasteiger charge is -2.36. The van der Waals surface area contributed by atoms with E-state index in [0.29, 0.717) is 5.69 Å². The van der Waals surface area contributed by atoms with Crippen LogP contribution in [0, 0.1) is 17.0 Å². The van der Waals surface area contributed by atoms with E-state index in [-0.39, 0.29) is 12.3 Å². The molecule has 2 rings (SSSR count). The Morgan fingerprint density at radius 1 is 1.35 bits per heavy atom. The predicted molar refractivity (Wildman–Crippen MR) is 69.2 cm³/mol. The topological polar surface area (TPSA) is 125 Å². The van der Waals surface area contributed by atoms with E-state index in [0.717, 1.165) is 5.56 Å². The van der Waals surface area contributed by atoms with Crippen molar-refractivity contribution in [3.8, 4) is 0 Å². The van der Waals surface area contributed by atoms with Crippen LogP contribution in [0.3, 0.4) is 0 Å². The Labute approximate surface area is 114 Å². The molecule has 0 radical (unpaired) electrons. The Hall–Kier alpha value is -1.74. The fraction of sp³-hybridized carbons (Fsp3) is 0.500. The van der Waals surface area contributed by atoms with Crippen LogP contribution in [0.5, 0.6) is 0 Å². The summed E-state index contributed by atoms with van der Waals surface area (Å²) < 4.78 is 5.19. The van der Waals surface area contributed by atoms with Crippen LogP contribution >= 0.6 is 0 Å². The van der Waals surface area contributed by atoms with Gasteiger partial charge in [-0.3, -0.25) is 10.1 Å². The number of nitro groups is 1. The van der Waals surface area contributed by atoms with Crippen LogP contribution in [0.15, 0.2) is 18.2 Å². The summed E-state index contributed by atoms with van der Waals surface area (Å²) in [7, 11) is 0. The van der Waals surface area contributed by atoms with Gasteiger partial charge in [0.25, 0.3) is 5.69 Å². The Balaban J connectivity index is 2.17. The average molecular weight is 284 g/mol. The maximum absolute atomic E-state index is 10.7. The highest BCUT2D eigenvalue weighted by Gasteiger charge is 2.37. The molecule has 1 aliphatic rings. The fourth-order valence-corrected chi connectivity index (χ4v) is 1.97. The minimum atomic E-state index is -1.34. The van der Waals surface area contributed by atoms with Gasteiger partial charge in [-0.05, 0) is 12.5 Å². The highest BCUT2D eigenvalue weighted by atomic mass is 16.6. The molecule has 1 aromatic rings. The second-order valence-corrected chi connectivity index (χ2v) is 4.70. The molecule has 4 N–H and O–H groups in total. The van der Waals surface area contributed by atoms with E-state index in [4.69, 9.17) is 4.74 Å². The summed E-state index contributed by atoms with van der Waals surface area (Å²) in [6, 6.07) is 4.26. The minimum Gasteiger partial charge on any atom is -0.388 e. The average Bonchev–Trinajstić information content (AvgIpc) is 2.41. The molecule has 2 unspecified atom stereocenters. The first kappa shape index (κ1) is 14.7. The SMILES string of the molecule is Cc1ccc([N+](=O)[O-])cc1N[C@@H]1OC[C@@H](O)C(O)C1O. The third-order valence-corrected chi connectivity index (χ3v) is 3.23. The number of anilines is 1. The van der Waals surface area contributed by atoms with E-state index in [1.807, 2.05) is 0 Å². The van der Waals surface area contributed by atoms with Gasteiger partial charge in [0.15, 0.2) is 6.23 Å². The van der Waals surface area contributed by atoms with Crippen LogP contribution < -0.4 is 5.32 Å². The molecular weight excluding hydrogens is 268 g/mol. The van der Waals surface area contributed by atoms with E-state index in [1.54, 1.807) is 13.0 Å². The number of ether oxygens (including phenoxy) is 1. The lowest BCUT2D eigenvalue weighted by Crippen LogP contribution is -2.55. The molecule has 1 saturated heterocycles. The number of nitrogens with one attached hydrogen (secondary N) is 1. The van der Waals surface area contributed by atoms with Gasteiger partial charge in [0.05, 0.1) is 11.5 Å². The molecule has 1 aliphatic heterocycles. The third-order valence-electron chi connectivity index (χ3n) is 3.23. The van der Waals surface area contributed by atoms with Crippen molar-refractivity contribution in [3.05, 3.63) is 33.9 Å². The Bertz CT molecular complexity index is 509. The summed E-state index contributed by atoms with van der Waals surface area (Å²) in [5, 5.41) is 42.3. The molecule has 0 spiro atoms. The van der Waals surface area contributed by atoms with Crippen molar-refractivity contribution >= 4 is 11.4 Å². The molecule has 8 heteroatoms. The highest BCUT2D eigenvalue weighted by molar-refractivity contribution is 5.57. The first-order valence-electron chi connectivity index (χ1n) is 6.07. The van der Waals surface area contributed by atoms with E-state index < -0.39 is 29.5 Å². The number of nitro benzene ring substituents is 1.